The topological polar surface area (TPSA) is 49.3 Å². The van der Waals surface area contributed by atoms with Gasteiger partial charge in [0.2, 0.25) is 0 Å². The van der Waals surface area contributed by atoms with E-state index in [0.717, 1.165) is 33.3 Å². The molecule has 5 nitrogen and oxygen atoms in total. The molecule has 1 aromatic heterocycles. The fraction of sp³-hybridized carbons (Fsp3) is 0.261. The number of rotatable bonds is 5. The first-order valence-electron chi connectivity index (χ1n) is 9.99. The van der Waals surface area contributed by atoms with Crippen LogP contribution in [-0.2, 0) is 0 Å². The van der Waals surface area contributed by atoms with Crippen molar-refractivity contribution in [2.24, 2.45) is 0 Å². The summed E-state index contributed by atoms with van der Waals surface area (Å²) >= 11 is 1.69. The van der Waals surface area contributed by atoms with E-state index in [1.54, 1.807) is 23.9 Å². The van der Waals surface area contributed by atoms with E-state index in [0.29, 0.717) is 26.2 Å². The van der Waals surface area contributed by atoms with Crippen molar-refractivity contribution in [1.82, 2.24) is 14.9 Å². The van der Waals surface area contributed by atoms with Crippen LogP contribution >= 0.6 is 11.8 Å². The number of halogens is 1. The number of carbonyl (C=O) groups is 1. The van der Waals surface area contributed by atoms with Crippen LogP contribution in [0.2, 0.25) is 0 Å². The number of anilines is 1. The predicted octanol–water partition coefficient (Wildman–Crippen LogP) is 4.36. The molecule has 1 fully saturated rings. The van der Waals surface area contributed by atoms with Gasteiger partial charge in [0.1, 0.15) is 18.0 Å². The maximum Gasteiger partial charge on any atom is 0.255 e. The van der Waals surface area contributed by atoms with E-state index in [-0.39, 0.29) is 11.7 Å². The standard InChI is InChI=1S/C23H23FN4OS/c1-2-30-21-6-4-3-5-19(21)23(29)28-13-11-27(12-14-28)22-15-20(25-16-26-22)17-7-9-18(24)10-8-17/h3-10,15-16H,2,11-14H2,1H3. The summed E-state index contributed by atoms with van der Waals surface area (Å²) in [4.78, 5) is 26.9. The molecule has 4 rings (SSSR count). The molecule has 0 spiro atoms. The van der Waals surface area contributed by atoms with E-state index in [9.17, 15) is 9.18 Å². The van der Waals surface area contributed by atoms with Gasteiger partial charge in [0.05, 0.1) is 11.3 Å². The Balaban J connectivity index is 1.44. The lowest BCUT2D eigenvalue weighted by atomic mass is 10.1. The van der Waals surface area contributed by atoms with Crippen LogP contribution in [-0.4, -0.2) is 52.7 Å². The highest BCUT2D eigenvalue weighted by Crippen LogP contribution is 2.25. The van der Waals surface area contributed by atoms with Crippen LogP contribution < -0.4 is 4.90 Å². The number of amides is 1. The van der Waals surface area contributed by atoms with E-state index in [2.05, 4.69) is 21.8 Å². The van der Waals surface area contributed by atoms with Crippen molar-refractivity contribution in [1.29, 1.82) is 0 Å². The molecule has 1 amide bonds. The van der Waals surface area contributed by atoms with E-state index >= 15 is 0 Å². The van der Waals surface area contributed by atoms with E-state index in [1.165, 1.54) is 18.5 Å². The third-order valence-corrected chi connectivity index (χ3v) is 6.06. The molecule has 1 aliphatic rings. The predicted molar refractivity (Wildman–Crippen MR) is 118 cm³/mol. The Bertz CT molecular complexity index is 1020. The van der Waals surface area contributed by atoms with Gasteiger partial charge in [0.15, 0.2) is 0 Å². The molecular formula is C23H23FN4OS. The maximum atomic E-state index is 13.2. The van der Waals surface area contributed by atoms with Crippen LogP contribution in [0, 0.1) is 5.82 Å². The zero-order chi connectivity index (χ0) is 20.9. The average molecular weight is 423 g/mol. The molecule has 30 heavy (non-hydrogen) atoms. The largest absolute Gasteiger partial charge is 0.353 e. The Morgan fingerprint density at radius 1 is 1.03 bits per heavy atom. The molecule has 0 N–H and O–H groups in total. The second-order valence-electron chi connectivity index (χ2n) is 6.98. The lowest BCUT2D eigenvalue weighted by molar-refractivity contribution is 0.0743. The van der Waals surface area contributed by atoms with Crippen molar-refractivity contribution in [3.05, 3.63) is 72.3 Å². The van der Waals surface area contributed by atoms with Gasteiger partial charge < -0.3 is 9.80 Å². The number of thioether (sulfide) groups is 1. The van der Waals surface area contributed by atoms with E-state index in [4.69, 9.17) is 0 Å². The SMILES string of the molecule is CCSc1ccccc1C(=O)N1CCN(c2cc(-c3ccc(F)cc3)ncn2)CC1. The summed E-state index contributed by atoms with van der Waals surface area (Å²) in [5, 5.41) is 0. The molecule has 0 unspecified atom stereocenters. The van der Waals surface area contributed by atoms with Crippen molar-refractivity contribution >= 4 is 23.5 Å². The Morgan fingerprint density at radius 3 is 2.50 bits per heavy atom. The minimum Gasteiger partial charge on any atom is -0.353 e. The summed E-state index contributed by atoms with van der Waals surface area (Å²) in [6.07, 6.45) is 1.53. The molecule has 0 aliphatic carbocycles. The number of hydrogen-bond donors (Lipinski definition) is 0. The highest BCUT2D eigenvalue weighted by molar-refractivity contribution is 7.99. The highest BCUT2D eigenvalue weighted by atomic mass is 32.2. The third-order valence-electron chi connectivity index (χ3n) is 5.10. The van der Waals surface area contributed by atoms with Gasteiger partial charge in [-0.1, -0.05) is 19.1 Å². The number of aromatic nitrogens is 2. The van der Waals surface area contributed by atoms with Crippen LogP contribution in [0.1, 0.15) is 17.3 Å². The van der Waals surface area contributed by atoms with Gasteiger partial charge in [-0.3, -0.25) is 4.79 Å². The summed E-state index contributed by atoms with van der Waals surface area (Å²) in [6.45, 7) is 4.77. The van der Waals surface area contributed by atoms with Gasteiger partial charge in [-0.25, -0.2) is 14.4 Å². The van der Waals surface area contributed by atoms with Crippen LogP contribution in [0.25, 0.3) is 11.3 Å². The van der Waals surface area contributed by atoms with Crippen molar-refractivity contribution in [3.63, 3.8) is 0 Å². The highest BCUT2D eigenvalue weighted by Gasteiger charge is 2.24. The van der Waals surface area contributed by atoms with Crippen LogP contribution in [0.5, 0.6) is 0 Å². The molecule has 2 heterocycles. The maximum absolute atomic E-state index is 13.2. The molecule has 3 aromatic rings. The molecule has 0 atom stereocenters. The lowest BCUT2D eigenvalue weighted by Gasteiger charge is -2.35. The quantitative estimate of drug-likeness (QED) is 0.572. The zero-order valence-corrected chi connectivity index (χ0v) is 17.6. The second-order valence-corrected chi connectivity index (χ2v) is 8.28. The zero-order valence-electron chi connectivity index (χ0n) is 16.8. The van der Waals surface area contributed by atoms with E-state index in [1.807, 2.05) is 35.2 Å². The normalized spacial score (nSPS) is 14.1. The molecule has 1 saturated heterocycles. The van der Waals surface area contributed by atoms with Gasteiger partial charge in [-0.2, -0.15) is 0 Å². The molecule has 0 saturated carbocycles. The first-order valence-corrected chi connectivity index (χ1v) is 11.0. The average Bonchev–Trinajstić information content (AvgIpc) is 2.80. The fourth-order valence-electron chi connectivity index (χ4n) is 3.53. The first kappa shape index (κ1) is 20.3. The van der Waals surface area contributed by atoms with Crippen LogP contribution in [0.15, 0.2) is 65.8 Å². The number of benzene rings is 2. The first-order chi connectivity index (χ1) is 14.7. The Labute approximate surface area is 180 Å². The molecule has 7 heteroatoms. The summed E-state index contributed by atoms with van der Waals surface area (Å²) in [5.74, 6) is 1.56. The van der Waals surface area contributed by atoms with Gasteiger partial charge >= 0.3 is 0 Å². The molecule has 1 aliphatic heterocycles. The van der Waals surface area contributed by atoms with Crippen LogP contribution in [0.3, 0.4) is 0 Å². The Morgan fingerprint density at radius 2 is 1.77 bits per heavy atom. The smallest absolute Gasteiger partial charge is 0.255 e. The Hall–Kier alpha value is -2.93. The number of nitrogens with zero attached hydrogens (tertiary/aromatic N) is 4. The number of hydrogen-bond acceptors (Lipinski definition) is 5. The monoisotopic (exact) mass is 422 g/mol. The second kappa shape index (κ2) is 9.26. The summed E-state index contributed by atoms with van der Waals surface area (Å²) in [5.41, 5.74) is 2.38. The molecular weight excluding hydrogens is 399 g/mol. The minimum absolute atomic E-state index is 0.0842. The molecule has 2 aromatic carbocycles. The van der Waals surface area contributed by atoms with Crippen molar-refractivity contribution in [2.75, 3.05) is 36.8 Å². The summed E-state index contributed by atoms with van der Waals surface area (Å²) < 4.78 is 13.2. The van der Waals surface area contributed by atoms with Gasteiger partial charge in [-0.05, 0) is 42.2 Å². The number of piperazine rings is 1. The molecule has 0 bridgehead atoms. The van der Waals surface area contributed by atoms with Crippen molar-refractivity contribution < 1.29 is 9.18 Å². The molecule has 154 valence electrons. The summed E-state index contributed by atoms with van der Waals surface area (Å²) in [7, 11) is 0. The van der Waals surface area contributed by atoms with Crippen molar-refractivity contribution in [3.8, 4) is 11.3 Å². The summed E-state index contributed by atoms with van der Waals surface area (Å²) in [6, 6.07) is 16.0. The number of carbonyl (C=O) groups excluding carboxylic acids is 1. The van der Waals surface area contributed by atoms with Crippen LogP contribution in [0.4, 0.5) is 10.2 Å². The van der Waals surface area contributed by atoms with Gasteiger partial charge in [0.25, 0.3) is 5.91 Å². The fourth-order valence-corrected chi connectivity index (χ4v) is 4.33. The van der Waals surface area contributed by atoms with Gasteiger partial charge in [0, 0.05) is 42.7 Å². The van der Waals surface area contributed by atoms with Crippen molar-refractivity contribution in [2.45, 2.75) is 11.8 Å². The minimum atomic E-state index is -0.271. The molecule has 0 radical (unpaired) electrons. The Kier molecular flexibility index (Phi) is 6.28. The van der Waals surface area contributed by atoms with Gasteiger partial charge in [-0.15, -0.1) is 11.8 Å². The third kappa shape index (κ3) is 4.46. The van der Waals surface area contributed by atoms with E-state index < -0.39 is 0 Å². The lowest BCUT2D eigenvalue weighted by Crippen LogP contribution is -2.49.